The largest absolute Gasteiger partial charge is 0.416 e. The van der Waals surface area contributed by atoms with Crippen LogP contribution in [0.4, 0.5) is 13.2 Å². The molecule has 7 heteroatoms. The molecule has 0 aliphatic rings. The summed E-state index contributed by atoms with van der Waals surface area (Å²) < 4.78 is 43.2. The minimum absolute atomic E-state index is 0.00922. The summed E-state index contributed by atoms with van der Waals surface area (Å²) in [5.74, 6) is 0.00810. The fourth-order valence-corrected chi connectivity index (χ4v) is 1.96. The molecule has 1 heterocycles. The van der Waals surface area contributed by atoms with Crippen molar-refractivity contribution in [3.8, 4) is 0 Å². The standard InChI is InChI=1S/C14H13F3N2O2/c1-8-6-10(19-21-8)7-18-13(20)11-4-3-5-12(9(11)2)14(15,16)17/h3-6H,7H2,1-2H3,(H,18,20). The molecule has 0 aliphatic carbocycles. The molecule has 0 aliphatic heterocycles. The van der Waals surface area contributed by atoms with E-state index >= 15 is 0 Å². The molecule has 2 aromatic rings. The van der Waals surface area contributed by atoms with Gasteiger partial charge in [-0.2, -0.15) is 13.2 Å². The van der Waals surface area contributed by atoms with Gasteiger partial charge in [-0.05, 0) is 31.5 Å². The molecule has 0 saturated heterocycles. The first-order valence-corrected chi connectivity index (χ1v) is 6.16. The molecule has 4 nitrogen and oxygen atoms in total. The van der Waals surface area contributed by atoms with Crippen LogP contribution in [0.15, 0.2) is 28.8 Å². The lowest BCUT2D eigenvalue weighted by atomic mass is 10.0. The van der Waals surface area contributed by atoms with Crippen molar-refractivity contribution in [1.82, 2.24) is 10.5 Å². The third-order valence-corrected chi connectivity index (χ3v) is 2.99. The number of alkyl halides is 3. The summed E-state index contributed by atoms with van der Waals surface area (Å²) in [4.78, 5) is 12.0. The van der Waals surface area contributed by atoms with E-state index in [9.17, 15) is 18.0 Å². The van der Waals surface area contributed by atoms with Gasteiger partial charge in [0.05, 0.1) is 12.1 Å². The molecule has 1 aromatic carbocycles. The second-order valence-electron chi connectivity index (χ2n) is 4.59. The van der Waals surface area contributed by atoms with Gasteiger partial charge in [-0.1, -0.05) is 11.2 Å². The maximum atomic E-state index is 12.8. The molecular weight excluding hydrogens is 285 g/mol. The van der Waals surface area contributed by atoms with Crippen molar-refractivity contribution in [2.45, 2.75) is 26.6 Å². The number of halogens is 3. The van der Waals surface area contributed by atoms with Crippen LogP contribution in [0.5, 0.6) is 0 Å². The number of rotatable bonds is 3. The Bertz CT molecular complexity index is 662. The van der Waals surface area contributed by atoms with E-state index in [1.54, 1.807) is 13.0 Å². The second kappa shape index (κ2) is 5.59. The highest BCUT2D eigenvalue weighted by Gasteiger charge is 2.33. The summed E-state index contributed by atoms with van der Waals surface area (Å²) in [6.07, 6.45) is -4.48. The van der Waals surface area contributed by atoms with E-state index in [-0.39, 0.29) is 17.7 Å². The fourth-order valence-electron chi connectivity index (χ4n) is 1.96. The van der Waals surface area contributed by atoms with Gasteiger partial charge in [-0.3, -0.25) is 4.79 Å². The van der Waals surface area contributed by atoms with E-state index < -0.39 is 17.6 Å². The van der Waals surface area contributed by atoms with Gasteiger partial charge < -0.3 is 9.84 Å². The lowest BCUT2D eigenvalue weighted by Crippen LogP contribution is -2.24. The Morgan fingerprint density at radius 1 is 1.33 bits per heavy atom. The topological polar surface area (TPSA) is 55.1 Å². The van der Waals surface area contributed by atoms with E-state index in [1.807, 2.05) is 0 Å². The molecule has 21 heavy (non-hydrogen) atoms. The van der Waals surface area contributed by atoms with Gasteiger partial charge in [0.2, 0.25) is 0 Å². The smallest absolute Gasteiger partial charge is 0.361 e. The summed E-state index contributed by atoms with van der Waals surface area (Å²) in [6, 6.07) is 5.16. The van der Waals surface area contributed by atoms with Crippen LogP contribution in [0.2, 0.25) is 0 Å². The highest BCUT2D eigenvalue weighted by molar-refractivity contribution is 5.95. The summed E-state index contributed by atoms with van der Waals surface area (Å²) in [7, 11) is 0. The normalized spacial score (nSPS) is 11.5. The van der Waals surface area contributed by atoms with Crippen LogP contribution in [0.25, 0.3) is 0 Å². The number of hydrogen-bond donors (Lipinski definition) is 1. The van der Waals surface area contributed by atoms with Crippen LogP contribution >= 0.6 is 0 Å². The molecule has 0 bridgehead atoms. The van der Waals surface area contributed by atoms with E-state index in [4.69, 9.17) is 4.52 Å². The average Bonchev–Trinajstić information content (AvgIpc) is 2.80. The SMILES string of the molecule is Cc1cc(CNC(=O)c2cccc(C(F)(F)F)c2C)no1. The average molecular weight is 298 g/mol. The number of aromatic nitrogens is 1. The molecule has 0 atom stereocenters. The van der Waals surface area contributed by atoms with E-state index in [1.165, 1.54) is 19.1 Å². The lowest BCUT2D eigenvalue weighted by Gasteiger charge is -2.13. The summed E-state index contributed by atoms with van der Waals surface area (Å²) >= 11 is 0. The first-order valence-electron chi connectivity index (χ1n) is 6.16. The Kier molecular flexibility index (Phi) is 4.02. The van der Waals surface area contributed by atoms with Gasteiger partial charge in [-0.25, -0.2) is 0 Å². The van der Waals surface area contributed by atoms with Gasteiger partial charge in [0.1, 0.15) is 11.5 Å². The van der Waals surface area contributed by atoms with Gasteiger partial charge in [0.15, 0.2) is 0 Å². The van der Waals surface area contributed by atoms with Crippen molar-refractivity contribution >= 4 is 5.91 Å². The number of amides is 1. The Balaban J connectivity index is 2.16. The zero-order valence-corrected chi connectivity index (χ0v) is 11.4. The number of carbonyl (C=O) groups excluding carboxylic acids is 1. The molecule has 0 spiro atoms. The molecule has 2 rings (SSSR count). The van der Waals surface area contributed by atoms with Gasteiger partial charge in [0.25, 0.3) is 5.91 Å². The van der Waals surface area contributed by atoms with Crippen molar-refractivity contribution in [3.63, 3.8) is 0 Å². The number of benzene rings is 1. The van der Waals surface area contributed by atoms with Gasteiger partial charge in [-0.15, -0.1) is 0 Å². The third kappa shape index (κ3) is 3.42. The Morgan fingerprint density at radius 3 is 2.62 bits per heavy atom. The number of aryl methyl sites for hydroxylation is 1. The molecule has 0 unspecified atom stereocenters. The van der Waals surface area contributed by atoms with Crippen LogP contribution in [0, 0.1) is 13.8 Å². The molecule has 1 aromatic heterocycles. The number of nitrogens with zero attached hydrogens (tertiary/aromatic N) is 1. The first-order chi connectivity index (χ1) is 9.79. The van der Waals surface area contributed by atoms with E-state index in [0.29, 0.717) is 11.5 Å². The number of hydrogen-bond acceptors (Lipinski definition) is 3. The van der Waals surface area contributed by atoms with Crippen molar-refractivity contribution in [2.24, 2.45) is 0 Å². The van der Waals surface area contributed by atoms with Crippen LogP contribution < -0.4 is 5.32 Å². The minimum Gasteiger partial charge on any atom is -0.361 e. The zero-order valence-electron chi connectivity index (χ0n) is 11.4. The van der Waals surface area contributed by atoms with Crippen molar-refractivity contribution in [3.05, 3.63) is 52.4 Å². The van der Waals surface area contributed by atoms with Crippen molar-refractivity contribution in [2.75, 3.05) is 0 Å². The van der Waals surface area contributed by atoms with Crippen LogP contribution in [-0.4, -0.2) is 11.1 Å². The third-order valence-electron chi connectivity index (χ3n) is 2.99. The molecule has 0 saturated carbocycles. The first kappa shape index (κ1) is 15.1. The summed E-state index contributed by atoms with van der Waals surface area (Å²) in [5.41, 5.74) is -0.415. The zero-order chi connectivity index (χ0) is 15.6. The van der Waals surface area contributed by atoms with Gasteiger partial charge in [0, 0.05) is 11.6 Å². The predicted octanol–water partition coefficient (Wildman–Crippen LogP) is 3.24. The molecule has 112 valence electrons. The molecule has 1 N–H and O–H groups in total. The highest BCUT2D eigenvalue weighted by Crippen LogP contribution is 2.32. The highest BCUT2D eigenvalue weighted by atomic mass is 19.4. The monoisotopic (exact) mass is 298 g/mol. The predicted molar refractivity (Wildman–Crippen MR) is 68.6 cm³/mol. The number of carbonyl (C=O) groups is 1. The summed E-state index contributed by atoms with van der Waals surface area (Å²) in [5, 5.41) is 6.21. The van der Waals surface area contributed by atoms with Crippen LogP contribution in [0.3, 0.4) is 0 Å². The summed E-state index contributed by atoms with van der Waals surface area (Å²) in [6.45, 7) is 3.07. The van der Waals surface area contributed by atoms with Crippen molar-refractivity contribution in [1.29, 1.82) is 0 Å². The van der Waals surface area contributed by atoms with Crippen LogP contribution in [-0.2, 0) is 12.7 Å². The molecule has 0 fully saturated rings. The fraction of sp³-hybridized carbons (Fsp3) is 0.286. The minimum atomic E-state index is -4.48. The molecule has 1 amide bonds. The molecular formula is C14H13F3N2O2. The number of nitrogens with one attached hydrogen (secondary N) is 1. The van der Waals surface area contributed by atoms with E-state index in [0.717, 1.165) is 6.07 Å². The quantitative estimate of drug-likeness (QED) is 0.946. The Morgan fingerprint density at radius 2 is 2.05 bits per heavy atom. The Labute approximate surface area is 118 Å². The molecule has 0 radical (unpaired) electrons. The maximum Gasteiger partial charge on any atom is 0.416 e. The Hall–Kier alpha value is -2.31. The van der Waals surface area contributed by atoms with Crippen molar-refractivity contribution < 1.29 is 22.5 Å². The maximum absolute atomic E-state index is 12.8. The second-order valence-corrected chi connectivity index (χ2v) is 4.59. The lowest BCUT2D eigenvalue weighted by molar-refractivity contribution is -0.138. The van der Waals surface area contributed by atoms with E-state index in [2.05, 4.69) is 10.5 Å². The van der Waals surface area contributed by atoms with Gasteiger partial charge >= 0.3 is 6.18 Å². The van der Waals surface area contributed by atoms with Crippen LogP contribution in [0.1, 0.15) is 32.9 Å².